The van der Waals surface area contributed by atoms with Gasteiger partial charge in [0.25, 0.3) is 0 Å². The number of nitrogens with one attached hydrogen (secondary N) is 1. The lowest BCUT2D eigenvalue weighted by Gasteiger charge is -2.16. The zero-order valence-electron chi connectivity index (χ0n) is 9.12. The Morgan fingerprint density at radius 1 is 1.50 bits per heavy atom. The van der Waals surface area contributed by atoms with Gasteiger partial charge in [0.2, 0.25) is 0 Å². The van der Waals surface area contributed by atoms with Gasteiger partial charge in [-0.25, -0.2) is 0 Å². The van der Waals surface area contributed by atoms with Crippen molar-refractivity contribution in [2.75, 3.05) is 20.3 Å². The van der Waals surface area contributed by atoms with Gasteiger partial charge in [-0.15, -0.1) is 11.3 Å². The average Bonchev–Trinajstić information content (AvgIpc) is 2.67. The van der Waals surface area contributed by atoms with Gasteiger partial charge in [0.05, 0.1) is 0 Å². The predicted octanol–water partition coefficient (Wildman–Crippen LogP) is 2.68. The van der Waals surface area contributed by atoms with E-state index in [1.54, 1.807) is 18.4 Å². The number of hydrogen-bond acceptors (Lipinski definition) is 3. The molecule has 2 atom stereocenters. The quantitative estimate of drug-likeness (QED) is 0.784. The topological polar surface area (TPSA) is 21.3 Å². The van der Waals surface area contributed by atoms with Crippen LogP contribution in [-0.4, -0.2) is 20.3 Å². The minimum Gasteiger partial charge on any atom is -0.384 e. The van der Waals surface area contributed by atoms with E-state index in [0.717, 1.165) is 13.2 Å². The van der Waals surface area contributed by atoms with E-state index in [1.807, 2.05) is 0 Å². The molecule has 0 aromatic carbocycles. The van der Waals surface area contributed by atoms with Crippen LogP contribution in [0.25, 0.3) is 0 Å². The van der Waals surface area contributed by atoms with Crippen LogP contribution in [0.4, 0.5) is 0 Å². The smallest absolute Gasteiger partial charge is 0.0499 e. The molecule has 0 aliphatic heterocycles. The van der Waals surface area contributed by atoms with Crippen molar-refractivity contribution in [3.8, 4) is 0 Å². The summed E-state index contributed by atoms with van der Waals surface area (Å²) >= 11 is 1.80. The number of methoxy groups -OCH3 is 1. The molecule has 0 bridgehead atoms. The molecule has 80 valence electrons. The third kappa shape index (κ3) is 3.78. The van der Waals surface area contributed by atoms with Gasteiger partial charge in [-0.2, -0.15) is 0 Å². The summed E-state index contributed by atoms with van der Waals surface area (Å²) in [4.78, 5) is 1.40. The van der Waals surface area contributed by atoms with Crippen LogP contribution >= 0.6 is 11.3 Å². The SMILES string of the molecule is COCC(C)CNC(C)c1cccs1. The fraction of sp³-hybridized carbons (Fsp3) is 0.636. The fourth-order valence-electron chi connectivity index (χ4n) is 1.36. The Hall–Kier alpha value is -0.380. The maximum atomic E-state index is 5.09. The molecule has 0 fully saturated rings. The Morgan fingerprint density at radius 3 is 2.86 bits per heavy atom. The van der Waals surface area contributed by atoms with Crippen LogP contribution in [0.1, 0.15) is 24.8 Å². The molecule has 1 aromatic rings. The first kappa shape index (κ1) is 11.7. The fourth-order valence-corrected chi connectivity index (χ4v) is 2.12. The summed E-state index contributed by atoms with van der Waals surface area (Å²) in [7, 11) is 1.75. The number of hydrogen-bond donors (Lipinski definition) is 1. The second-order valence-corrected chi connectivity index (χ2v) is 4.69. The second-order valence-electron chi connectivity index (χ2n) is 3.71. The van der Waals surface area contributed by atoms with E-state index in [0.29, 0.717) is 12.0 Å². The van der Waals surface area contributed by atoms with Crippen LogP contribution in [0.5, 0.6) is 0 Å². The maximum absolute atomic E-state index is 5.09. The highest BCUT2D eigenvalue weighted by molar-refractivity contribution is 7.10. The predicted molar refractivity (Wildman–Crippen MR) is 61.8 cm³/mol. The number of thiophene rings is 1. The van der Waals surface area contributed by atoms with E-state index in [4.69, 9.17) is 4.74 Å². The Kier molecular flexibility index (Phi) is 5.15. The normalized spacial score (nSPS) is 15.4. The number of ether oxygens (including phenoxy) is 1. The Labute approximate surface area is 90.3 Å². The maximum Gasteiger partial charge on any atom is 0.0499 e. The van der Waals surface area contributed by atoms with Gasteiger partial charge in [0, 0.05) is 31.2 Å². The Morgan fingerprint density at radius 2 is 2.29 bits per heavy atom. The van der Waals surface area contributed by atoms with Crippen LogP contribution in [0.3, 0.4) is 0 Å². The summed E-state index contributed by atoms with van der Waals surface area (Å²) < 4.78 is 5.09. The Bertz CT molecular complexity index is 235. The second kappa shape index (κ2) is 6.17. The first-order chi connectivity index (χ1) is 6.74. The van der Waals surface area contributed by atoms with Crippen molar-refractivity contribution >= 4 is 11.3 Å². The lowest BCUT2D eigenvalue weighted by molar-refractivity contribution is 0.157. The van der Waals surface area contributed by atoms with Crippen LogP contribution in [0, 0.1) is 5.92 Å². The molecule has 0 saturated carbocycles. The van der Waals surface area contributed by atoms with Crippen molar-refractivity contribution in [2.24, 2.45) is 5.92 Å². The lowest BCUT2D eigenvalue weighted by atomic mass is 10.2. The van der Waals surface area contributed by atoms with Crippen LogP contribution in [-0.2, 0) is 4.74 Å². The minimum atomic E-state index is 0.453. The summed E-state index contributed by atoms with van der Waals surface area (Å²) in [5.41, 5.74) is 0. The molecule has 1 rings (SSSR count). The summed E-state index contributed by atoms with van der Waals surface area (Å²) in [6, 6.07) is 4.72. The van der Waals surface area contributed by atoms with Gasteiger partial charge in [0.15, 0.2) is 0 Å². The molecular weight excluding hydrogens is 194 g/mol. The highest BCUT2D eigenvalue weighted by Gasteiger charge is 2.07. The van der Waals surface area contributed by atoms with E-state index in [2.05, 4.69) is 36.7 Å². The molecule has 1 heterocycles. The molecule has 0 aliphatic carbocycles. The van der Waals surface area contributed by atoms with Gasteiger partial charge in [-0.05, 0) is 24.3 Å². The lowest BCUT2D eigenvalue weighted by Crippen LogP contribution is -2.26. The molecule has 2 nitrogen and oxygen atoms in total. The van der Waals surface area contributed by atoms with Gasteiger partial charge < -0.3 is 10.1 Å². The van der Waals surface area contributed by atoms with Crippen LogP contribution in [0.2, 0.25) is 0 Å². The molecule has 1 aromatic heterocycles. The van der Waals surface area contributed by atoms with E-state index < -0.39 is 0 Å². The molecule has 0 amide bonds. The molecule has 0 spiro atoms. The van der Waals surface area contributed by atoms with E-state index >= 15 is 0 Å². The van der Waals surface area contributed by atoms with Crippen LogP contribution < -0.4 is 5.32 Å². The molecule has 2 unspecified atom stereocenters. The largest absolute Gasteiger partial charge is 0.384 e. The van der Waals surface area contributed by atoms with Crippen molar-refractivity contribution in [1.29, 1.82) is 0 Å². The van der Waals surface area contributed by atoms with Gasteiger partial charge in [0.1, 0.15) is 0 Å². The first-order valence-corrected chi connectivity index (χ1v) is 5.87. The third-order valence-corrected chi connectivity index (χ3v) is 3.25. The van der Waals surface area contributed by atoms with Crippen molar-refractivity contribution in [2.45, 2.75) is 19.9 Å². The van der Waals surface area contributed by atoms with Crippen LogP contribution in [0.15, 0.2) is 17.5 Å². The monoisotopic (exact) mass is 213 g/mol. The van der Waals surface area contributed by atoms with Crippen molar-refractivity contribution in [3.05, 3.63) is 22.4 Å². The van der Waals surface area contributed by atoms with Crippen molar-refractivity contribution in [1.82, 2.24) is 5.32 Å². The van der Waals surface area contributed by atoms with E-state index in [-0.39, 0.29) is 0 Å². The number of rotatable bonds is 6. The minimum absolute atomic E-state index is 0.453. The summed E-state index contributed by atoms with van der Waals surface area (Å²) in [5, 5.41) is 5.62. The third-order valence-electron chi connectivity index (χ3n) is 2.19. The van der Waals surface area contributed by atoms with Gasteiger partial charge >= 0.3 is 0 Å². The molecule has 1 N–H and O–H groups in total. The van der Waals surface area contributed by atoms with Crippen molar-refractivity contribution < 1.29 is 4.74 Å². The molecule has 0 aliphatic rings. The van der Waals surface area contributed by atoms with E-state index in [9.17, 15) is 0 Å². The van der Waals surface area contributed by atoms with E-state index in [1.165, 1.54) is 4.88 Å². The molecule has 14 heavy (non-hydrogen) atoms. The van der Waals surface area contributed by atoms with Gasteiger partial charge in [-0.1, -0.05) is 13.0 Å². The average molecular weight is 213 g/mol. The highest BCUT2D eigenvalue weighted by atomic mass is 32.1. The van der Waals surface area contributed by atoms with Crippen molar-refractivity contribution in [3.63, 3.8) is 0 Å². The highest BCUT2D eigenvalue weighted by Crippen LogP contribution is 2.18. The zero-order valence-corrected chi connectivity index (χ0v) is 9.93. The summed E-state index contributed by atoms with van der Waals surface area (Å²) in [6.07, 6.45) is 0. The molecule has 0 saturated heterocycles. The first-order valence-electron chi connectivity index (χ1n) is 4.99. The molecule has 3 heteroatoms. The summed E-state index contributed by atoms with van der Waals surface area (Å²) in [5.74, 6) is 0.572. The Balaban J connectivity index is 2.24. The molecular formula is C11H19NOS. The standard InChI is InChI=1S/C11H19NOS/c1-9(8-13-3)7-12-10(2)11-5-4-6-14-11/h4-6,9-10,12H,7-8H2,1-3H3. The molecule has 0 radical (unpaired) electrons. The zero-order chi connectivity index (χ0) is 10.4. The summed E-state index contributed by atoms with van der Waals surface area (Å²) in [6.45, 7) is 6.22. The van der Waals surface area contributed by atoms with Gasteiger partial charge in [-0.3, -0.25) is 0 Å².